The Labute approximate surface area is 100 Å². The Balaban J connectivity index is 2.23. The molecule has 1 aliphatic rings. The van der Waals surface area contributed by atoms with Gasteiger partial charge in [0.1, 0.15) is 11.4 Å². The predicted octanol–water partition coefficient (Wildman–Crippen LogP) is 3.09. The zero-order chi connectivity index (χ0) is 12.3. The summed E-state index contributed by atoms with van der Waals surface area (Å²) in [5.41, 5.74) is -1.01. The topological polar surface area (TPSA) is 37.3 Å². The van der Waals surface area contributed by atoms with Crippen LogP contribution in [0.4, 0.5) is 4.39 Å². The van der Waals surface area contributed by atoms with Gasteiger partial charge in [-0.2, -0.15) is 0 Å². The minimum atomic E-state index is -1.29. The molecule has 0 saturated heterocycles. The lowest BCUT2D eigenvalue weighted by atomic mass is 9.86. The highest BCUT2D eigenvalue weighted by molar-refractivity contribution is 6.02. The van der Waals surface area contributed by atoms with Crippen LogP contribution in [0, 0.1) is 5.82 Å². The van der Waals surface area contributed by atoms with Crippen molar-refractivity contribution in [2.75, 3.05) is 0 Å². The molecule has 1 aliphatic carbocycles. The molecule has 1 saturated carbocycles. The number of Topliss-reactive ketones (excluding diaryl/α,β-unsaturated/α-hetero) is 1. The number of hydrogen-bond acceptors (Lipinski definition) is 2. The summed E-state index contributed by atoms with van der Waals surface area (Å²) < 4.78 is 13.1. The van der Waals surface area contributed by atoms with E-state index in [0.29, 0.717) is 12.8 Å². The van der Waals surface area contributed by atoms with E-state index in [1.165, 1.54) is 18.2 Å². The van der Waals surface area contributed by atoms with Crippen molar-refractivity contribution in [2.24, 2.45) is 0 Å². The summed E-state index contributed by atoms with van der Waals surface area (Å²) in [6.07, 6.45) is 4.80. The lowest BCUT2D eigenvalue weighted by Crippen LogP contribution is -2.38. The molecule has 0 unspecified atom stereocenters. The summed E-state index contributed by atoms with van der Waals surface area (Å²) in [5.74, 6) is -0.771. The van der Waals surface area contributed by atoms with Crippen LogP contribution in [0.25, 0.3) is 0 Å². The maximum absolute atomic E-state index is 13.1. The normalized spacial score (nSPS) is 19.6. The van der Waals surface area contributed by atoms with Crippen molar-refractivity contribution in [2.45, 2.75) is 44.1 Å². The van der Waals surface area contributed by atoms with Gasteiger partial charge >= 0.3 is 0 Å². The van der Waals surface area contributed by atoms with E-state index in [1.54, 1.807) is 6.07 Å². The number of benzene rings is 1. The molecule has 0 atom stereocenters. The van der Waals surface area contributed by atoms with Gasteiger partial charge in [-0.25, -0.2) is 4.39 Å². The van der Waals surface area contributed by atoms with Crippen LogP contribution in [0.1, 0.15) is 48.9 Å². The summed E-state index contributed by atoms with van der Waals surface area (Å²) in [5, 5.41) is 10.4. The van der Waals surface area contributed by atoms with Crippen molar-refractivity contribution in [3.8, 4) is 0 Å². The Bertz CT molecular complexity index is 406. The molecular formula is C14H17FO2. The molecule has 1 N–H and O–H groups in total. The Kier molecular flexibility index (Phi) is 3.57. The first-order valence-corrected chi connectivity index (χ1v) is 6.15. The van der Waals surface area contributed by atoms with Crippen molar-refractivity contribution in [3.05, 3.63) is 35.6 Å². The van der Waals surface area contributed by atoms with Crippen LogP contribution in [0.3, 0.4) is 0 Å². The van der Waals surface area contributed by atoms with E-state index in [0.717, 1.165) is 25.7 Å². The minimum Gasteiger partial charge on any atom is -0.382 e. The van der Waals surface area contributed by atoms with Gasteiger partial charge in [0.2, 0.25) is 0 Å². The van der Waals surface area contributed by atoms with Gasteiger partial charge in [0.05, 0.1) is 0 Å². The number of halogens is 1. The van der Waals surface area contributed by atoms with E-state index >= 15 is 0 Å². The van der Waals surface area contributed by atoms with Crippen LogP contribution in [0.2, 0.25) is 0 Å². The molecule has 0 radical (unpaired) electrons. The molecule has 3 heteroatoms. The molecule has 2 nitrogen and oxygen atoms in total. The van der Waals surface area contributed by atoms with Gasteiger partial charge in [0, 0.05) is 5.56 Å². The fourth-order valence-corrected chi connectivity index (χ4v) is 2.44. The van der Waals surface area contributed by atoms with Gasteiger partial charge in [0.25, 0.3) is 0 Å². The second kappa shape index (κ2) is 4.96. The first-order valence-electron chi connectivity index (χ1n) is 6.15. The third-order valence-corrected chi connectivity index (χ3v) is 3.44. The molecular weight excluding hydrogens is 219 g/mol. The number of carbonyl (C=O) groups excluding carboxylic acids is 1. The van der Waals surface area contributed by atoms with Crippen LogP contribution in [0.5, 0.6) is 0 Å². The third-order valence-electron chi connectivity index (χ3n) is 3.44. The van der Waals surface area contributed by atoms with Crippen LogP contribution in [-0.2, 0) is 0 Å². The van der Waals surface area contributed by atoms with Crippen LogP contribution in [-0.4, -0.2) is 16.5 Å². The van der Waals surface area contributed by atoms with Crippen molar-refractivity contribution < 1.29 is 14.3 Å². The predicted molar refractivity (Wildman–Crippen MR) is 63.4 cm³/mol. The highest BCUT2D eigenvalue weighted by Gasteiger charge is 2.36. The zero-order valence-corrected chi connectivity index (χ0v) is 9.79. The molecule has 92 valence electrons. The van der Waals surface area contributed by atoms with Gasteiger partial charge in [-0.15, -0.1) is 0 Å². The second-order valence-electron chi connectivity index (χ2n) is 4.79. The molecule has 1 fully saturated rings. The maximum Gasteiger partial charge on any atom is 0.194 e. The van der Waals surface area contributed by atoms with Crippen LogP contribution >= 0.6 is 0 Å². The Morgan fingerprint density at radius 2 is 1.82 bits per heavy atom. The first-order chi connectivity index (χ1) is 8.12. The van der Waals surface area contributed by atoms with E-state index in [2.05, 4.69) is 0 Å². The molecule has 0 amide bonds. The van der Waals surface area contributed by atoms with Gasteiger partial charge in [-0.3, -0.25) is 4.79 Å². The molecule has 1 aromatic carbocycles. The minimum absolute atomic E-state index is 0.273. The van der Waals surface area contributed by atoms with Gasteiger partial charge in [-0.1, -0.05) is 37.8 Å². The fraction of sp³-hybridized carbons (Fsp3) is 0.500. The standard InChI is InChI=1S/C14H17FO2/c15-12-7-5-6-11(10-12)13(16)14(17)8-3-1-2-4-9-14/h5-7,10,17H,1-4,8-9H2. The Hall–Kier alpha value is -1.22. The molecule has 0 aromatic heterocycles. The van der Waals surface area contributed by atoms with Crippen molar-refractivity contribution in [1.82, 2.24) is 0 Å². The number of aliphatic hydroxyl groups is 1. The molecule has 0 spiro atoms. The van der Waals surface area contributed by atoms with E-state index in [9.17, 15) is 14.3 Å². The first kappa shape index (κ1) is 12.2. The lowest BCUT2D eigenvalue weighted by molar-refractivity contribution is 0.0238. The fourth-order valence-electron chi connectivity index (χ4n) is 2.44. The monoisotopic (exact) mass is 236 g/mol. The summed E-state index contributed by atoms with van der Waals surface area (Å²) >= 11 is 0. The summed E-state index contributed by atoms with van der Waals surface area (Å²) in [6, 6.07) is 5.57. The highest BCUT2D eigenvalue weighted by Crippen LogP contribution is 2.30. The Morgan fingerprint density at radius 3 is 2.41 bits per heavy atom. The molecule has 0 heterocycles. The Morgan fingerprint density at radius 1 is 1.18 bits per heavy atom. The zero-order valence-electron chi connectivity index (χ0n) is 9.79. The highest BCUT2D eigenvalue weighted by atomic mass is 19.1. The average Bonchev–Trinajstić information content (AvgIpc) is 2.54. The van der Waals surface area contributed by atoms with Crippen molar-refractivity contribution >= 4 is 5.78 Å². The van der Waals surface area contributed by atoms with Gasteiger partial charge in [-0.05, 0) is 25.0 Å². The third kappa shape index (κ3) is 2.72. The second-order valence-corrected chi connectivity index (χ2v) is 4.79. The van der Waals surface area contributed by atoms with Gasteiger partial charge in [0.15, 0.2) is 5.78 Å². The molecule has 2 rings (SSSR count). The van der Waals surface area contributed by atoms with Crippen molar-refractivity contribution in [1.29, 1.82) is 0 Å². The van der Waals surface area contributed by atoms with Crippen LogP contribution < -0.4 is 0 Å². The molecule has 0 aliphatic heterocycles. The van der Waals surface area contributed by atoms with E-state index in [1.807, 2.05) is 0 Å². The number of carbonyl (C=O) groups is 1. The van der Waals surface area contributed by atoms with E-state index < -0.39 is 11.4 Å². The van der Waals surface area contributed by atoms with E-state index in [4.69, 9.17) is 0 Å². The van der Waals surface area contributed by atoms with Crippen LogP contribution in [0.15, 0.2) is 24.3 Å². The molecule has 1 aromatic rings. The molecule has 17 heavy (non-hydrogen) atoms. The smallest absolute Gasteiger partial charge is 0.194 e. The average molecular weight is 236 g/mol. The summed E-state index contributed by atoms with van der Waals surface area (Å²) in [6.45, 7) is 0. The van der Waals surface area contributed by atoms with Gasteiger partial charge < -0.3 is 5.11 Å². The number of hydrogen-bond donors (Lipinski definition) is 1. The van der Waals surface area contributed by atoms with Crippen molar-refractivity contribution in [3.63, 3.8) is 0 Å². The number of rotatable bonds is 2. The maximum atomic E-state index is 13.1. The summed E-state index contributed by atoms with van der Waals surface area (Å²) in [7, 11) is 0. The quantitative estimate of drug-likeness (QED) is 0.633. The summed E-state index contributed by atoms with van der Waals surface area (Å²) in [4.78, 5) is 12.2. The van der Waals surface area contributed by atoms with E-state index in [-0.39, 0.29) is 11.3 Å². The SMILES string of the molecule is O=C(c1cccc(F)c1)C1(O)CCCCCC1. The molecule has 0 bridgehead atoms. The number of ketones is 1. The lowest BCUT2D eigenvalue weighted by Gasteiger charge is -2.24. The largest absolute Gasteiger partial charge is 0.382 e.